The van der Waals surface area contributed by atoms with Gasteiger partial charge in [-0.1, -0.05) is 0 Å². The maximum atomic E-state index is 12.8. The average Bonchev–Trinajstić information content (AvgIpc) is 3.12. The third-order valence-corrected chi connectivity index (χ3v) is 7.03. The number of carboxylic acid groups (broad SMARTS) is 1. The first-order valence-electron chi connectivity index (χ1n) is 8.72. The molecule has 0 bridgehead atoms. The van der Waals surface area contributed by atoms with Crippen LogP contribution in [0.2, 0.25) is 0 Å². The van der Waals surface area contributed by atoms with E-state index in [-0.39, 0.29) is 16.4 Å². The Morgan fingerprint density at radius 3 is 2.52 bits per heavy atom. The summed E-state index contributed by atoms with van der Waals surface area (Å²) in [6.45, 7) is 0.862. The van der Waals surface area contributed by atoms with Gasteiger partial charge in [-0.05, 0) is 60.7 Å². The van der Waals surface area contributed by atoms with Crippen molar-refractivity contribution in [3.05, 3.63) is 59.9 Å². The Hall–Kier alpha value is -2.71. The summed E-state index contributed by atoms with van der Waals surface area (Å²) in [5.41, 5.74) is 2.10. The number of aromatic amines is 1. The van der Waals surface area contributed by atoms with Gasteiger partial charge in [0.1, 0.15) is 5.65 Å². The Bertz CT molecular complexity index is 1080. The van der Waals surface area contributed by atoms with Gasteiger partial charge in [0, 0.05) is 30.9 Å². The van der Waals surface area contributed by atoms with Crippen molar-refractivity contribution in [2.24, 2.45) is 0 Å². The van der Waals surface area contributed by atoms with Crippen LogP contribution in [0.25, 0.3) is 11.0 Å². The largest absolute Gasteiger partial charge is 0.478 e. The van der Waals surface area contributed by atoms with E-state index >= 15 is 0 Å². The first-order chi connectivity index (χ1) is 13.0. The number of fused-ring (bicyclic) bond motifs is 1. The molecule has 2 N–H and O–H groups in total. The summed E-state index contributed by atoms with van der Waals surface area (Å²) in [5, 5.41) is 10.0. The molecule has 140 valence electrons. The van der Waals surface area contributed by atoms with E-state index in [0.29, 0.717) is 13.1 Å². The minimum atomic E-state index is -3.62. The number of nitrogens with one attached hydrogen (secondary N) is 1. The van der Waals surface area contributed by atoms with E-state index in [1.165, 1.54) is 34.1 Å². The van der Waals surface area contributed by atoms with Gasteiger partial charge in [0.2, 0.25) is 10.0 Å². The molecular weight excluding hydrogens is 366 g/mol. The highest BCUT2D eigenvalue weighted by molar-refractivity contribution is 7.89. The molecule has 27 heavy (non-hydrogen) atoms. The van der Waals surface area contributed by atoms with Crippen molar-refractivity contribution in [1.82, 2.24) is 14.3 Å². The Balaban J connectivity index is 1.50. The third kappa shape index (κ3) is 3.22. The van der Waals surface area contributed by atoms with E-state index in [4.69, 9.17) is 5.11 Å². The van der Waals surface area contributed by atoms with Gasteiger partial charge >= 0.3 is 5.97 Å². The van der Waals surface area contributed by atoms with Crippen LogP contribution in [-0.2, 0) is 10.0 Å². The highest BCUT2D eigenvalue weighted by atomic mass is 32.2. The molecule has 0 spiro atoms. The van der Waals surface area contributed by atoms with E-state index in [2.05, 4.69) is 9.97 Å². The number of hydrogen-bond donors (Lipinski definition) is 2. The zero-order valence-electron chi connectivity index (χ0n) is 14.5. The van der Waals surface area contributed by atoms with E-state index in [1.54, 1.807) is 6.20 Å². The number of carboxylic acids is 1. The van der Waals surface area contributed by atoms with Crippen molar-refractivity contribution in [3.63, 3.8) is 0 Å². The topological polar surface area (TPSA) is 103 Å². The lowest BCUT2D eigenvalue weighted by atomic mass is 9.90. The zero-order chi connectivity index (χ0) is 19.0. The molecule has 1 aromatic carbocycles. The second-order valence-electron chi connectivity index (χ2n) is 6.65. The van der Waals surface area contributed by atoms with Crippen molar-refractivity contribution < 1.29 is 18.3 Å². The molecule has 1 saturated heterocycles. The van der Waals surface area contributed by atoms with Crippen LogP contribution in [0.3, 0.4) is 0 Å². The first kappa shape index (κ1) is 17.7. The highest BCUT2D eigenvalue weighted by Gasteiger charge is 2.30. The van der Waals surface area contributed by atoms with Gasteiger partial charge in [-0.3, -0.25) is 0 Å². The molecule has 4 rings (SSSR count). The van der Waals surface area contributed by atoms with Crippen LogP contribution in [0.5, 0.6) is 0 Å². The number of H-pyrrole nitrogens is 1. The minimum Gasteiger partial charge on any atom is -0.478 e. The van der Waals surface area contributed by atoms with Crippen LogP contribution in [0.1, 0.15) is 34.7 Å². The molecule has 1 aliphatic heterocycles. The fourth-order valence-corrected chi connectivity index (χ4v) is 5.11. The predicted molar refractivity (Wildman–Crippen MR) is 100 cm³/mol. The molecule has 0 atom stereocenters. The molecule has 8 heteroatoms. The number of rotatable bonds is 4. The van der Waals surface area contributed by atoms with Crippen LogP contribution in [0.15, 0.2) is 53.7 Å². The summed E-state index contributed by atoms with van der Waals surface area (Å²) in [7, 11) is -3.62. The molecule has 0 unspecified atom stereocenters. The van der Waals surface area contributed by atoms with Gasteiger partial charge in [-0.15, -0.1) is 0 Å². The Kier molecular flexibility index (Phi) is 4.45. The van der Waals surface area contributed by atoms with Gasteiger partial charge in [0.05, 0.1) is 10.5 Å². The summed E-state index contributed by atoms with van der Waals surface area (Å²) in [5.74, 6) is -0.795. The smallest absolute Gasteiger partial charge is 0.335 e. The lowest BCUT2D eigenvalue weighted by molar-refractivity contribution is 0.0696. The first-order valence-corrected chi connectivity index (χ1v) is 10.2. The Labute approximate surface area is 156 Å². The quantitative estimate of drug-likeness (QED) is 0.719. The minimum absolute atomic E-state index is 0.0700. The molecule has 0 aliphatic carbocycles. The summed E-state index contributed by atoms with van der Waals surface area (Å²) in [6.07, 6.45) is 5.17. The summed E-state index contributed by atoms with van der Waals surface area (Å²) in [4.78, 5) is 18.5. The van der Waals surface area contributed by atoms with Crippen molar-refractivity contribution in [2.45, 2.75) is 23.7 Å². The van der Waals surface area contributed by atoms with Crippen molar-refractivity contribution in [3.8, 4) is 0 Å². The number of pyridine rings is 1. The SMILES string of the molecule is O=C(O)c1ccc(S(=O)(=O)N2CCC(c3c[nH]c4ncccc34)CC2)cc1. The number of piperidine rings is 1. The number of hydrogen-bond acceptors (Lipinski definition) is 4. The lowest BCUT2D eigenvalue weighted by Crippen LogP contribution is -2.37. The van der Waals surface area contributed by atoms with Crippen LogP contribution >= 0.6 is 0 Å². The van der Waals surface area contributed by atoms with Gasteiger partial charge in [0.15, 0.2) is 0 Å². The van der Waals surface area contributed by atoms with Crippen LogP contribution < -0.4 is 0 Å². The normalized spacial score (nSPS) is 16.6. The third-order valence-electron chi connectivity index (χ3n) is 5.12. The zero-order valence-corrected chi connectivity index (χ0v) is 15.3. The monoisotopic (exact) mass is 385 g/mol. The van der Waals surface area contributed by atoms with E-state index < -0.39 is 16.0 Å². The number of benzene rings is 1. The van der Waals surface area contributed by atoms with Crippen molar-refractivity contribution in [1.29, 1.82) is 0 Å². The van der Waals surface area contributed by atoms with Crippen molar-refractivity contribution in [2.75, 3.05) is 13.1 Å². The number of carbonyl (C=O) groups is 1. The van der Waals surface area contributed by atoms with Gasteiger partial charge in [-0.25, -0.2) is 18.2 Å². The summed E-state index contributed by atoms with van der Waals surface area (Å²) >= 11 is 0. The molecule has 7 nitrogen and oxygen atoms in total. The molecule has 0 amide bonds. The second-order valence-corrected chi connectivity index (χ2v) is 8.59. The standard InChI is InChI=1S/C19H19N3O4S/c23-19(24)14-3-5-15(6-4-14)27(25,26)22-10-7-13(8-11-22)17-12-21-18-16(17)2-1-9-20-18/h1-6,9,12-13H,7-8,10-11H2,(H,20,21)(H,23,24). The van der Waals surface area contributed by atoms with E-state index in [0.717, 1.165) is 23.9 Å². The number of sulfonamides is 1. The molecule has 3 heterocycles. The molecular formula is C19H19N3O4S. The van der Waals surface area contributed by atoms with E-state index in [9.17, 15) is 13.2 Å². The highest BCUT2D eigenvalue weighted by Crippen LogP contribution is 2.34. The fraction of sp³-hybridized carbons (Fsp3) is 0.263. The molecule has 1 fully saturated rings. The molecule has 3 aromatic rings. The molecule has 1 aliphatic rings. The van der Waals surface area contributed by atoms with Crippen LogP contribution in [-0.4, -0.2) is 46.9 Å². The van der Waals surface area contributed by atoms with E-state index in [1.807, 2.05) is 18.3 Å². The summed E-state index contributed by atoms with van der Waals surface area (Å²) < 4.78 is 27.2. The lowest BCUT2D eigenvalue weighted by Gasteiger charge is -2.31. The fourth-order valence-electron chi connectivity index (χ4n) is 3.64. The maximum absolute atomic E-state index is 12.8. The second kappa shape index (κ2) is 6.79. The number of nitrogens with zero attached hydrogens (tertiary/aromatic N) is 2. The van der Waals surface area contributed by atoms with Crippen LogP contribution in [0, 0.1) is 0 Å². The average molecular weight is 385 g/mol. The van der Waals surface area contributed by atoms with Crippen LogP contribution in [0.4, 0.5) is 0 Å². The summed E-state index contributed by atoms with van der Waals surface area (Å²) in [6, 6.07) is 9.29. The number of aromatic carboxylic acids is 1. The van der Waals surface area contributed by atoms with Gasteiger partial charge < -0.3 is 10.1 Å². The predicted octanol–water partition coefficient (Wildman–Crippen LogP) is 2.83. The maximum Gasteiger partial charge on any atom is 0.335 e. The van der Waals surface area contributed by atoms with Gasteiger partial charge in [0.25, 0.3) is 0 Å². The van der Waals surface area contributed by atoms with Gasteiger partial charge in [-0.2, -0.15) is 4.31 Å². The molecule has 0 radical (unpaired) electrons. The Morgan fingerprint density at radius 1 is 1.15 bits per heavy atom. The molecule has 0 saturated carbocycles. The number of aromatic nitrogens is 2. The van der Waals surface area contributed by atoms with Crippen molar-refractivity contribution >= 4 is 27.0 Å². The molecule has 2 aromatic heterocycles. The Morgan fingerprint density at radius 2 is 1.85 bits per heavy atom.